The fourth-order valence-corrected chi connectivity index (χ4v) is 2.97. The number of ether oxygens (including phenoxy) is 2. The molecule has 0 spiro atoms. The third-order valence-electron chi connectivity index (χ3n) is 4.47. The lowest BCUT2D eigenvalue weighted by Crippen LogP contribution is -2.52. The highest BCUT2D eigenvalue weighted by molar-refractivity contribution is 5.79. The van der Waals surface area contributed by atoms with Gasteiger partial charge in [-0.15, -0.1) is 13.2 Å². The van der Waals surface area contributed by atoms with Crippen LogP contribution in [0.4, 0.5) is 13.2 Å². The van der Waals surface area contributed by atoms with Gasteiger partial charge in [0, 0.05) is 26.7 Å². The van der Waals surface area contributed by atoms with Crippen LogP contribution in [0.3, 0.4) is 0 Å². The number of benzene rings is 2. The van der Waals surface area contributed by atoms with Crippen molar-refractivity contribution in [3.05, 3.63) is 59.7 Å². The molecule has 1 aliphatic rings. The van der Waals surface area contributed by atoms with Gasteiger partial charge < -0.3 is 14.8 Å². The molecule has 5 nitrogen and oxygen atoms in total. The maximum atomic E-state index is 12.2. The van der Waals surface area contributed by atoms with Gasteiger partial charge >= 0.3 is 6.36 Å². The molecular weight excluding hydrogens is 373 g/mol. The van der Waals surface area contributed by atoms with Crippen LogP contribution in [-0.4, -0.2) is 37.3 Å². The molecule has 0 saturated carbocycles. The number of nitrogens with one attached hydrogen (secondary N) is 1. The smallest absolute Gasteiger partial charge is 0.489 e. The van der Waals surface area contributed by atoms with Gasteiger partial charge in [-0.05, 0) is 35.4 Å². The van der Waals surface area contributed by atoms with Crippen molar-refractivity contribution in [2.45, 2.75) is 19.5 Å². The Balaban J connectivity index is 1.44. The first-order valence-electron chi connectivity index (χ1n) is 8.83. The minimum Gasteiger partial charge on any atom is -0.489 e. The number of rotatable bonds is 7. The highest BCUT2D eigenvalue weighted by atomic mass is 19.4. The van der Waals surface area contributed by atoms with E-state index in [-0.39, 0.29) is 24.2 Å². The average Bonchev–Trinajstić information content (AvgIpc) is 2.63. The third kappa shape index (κ3) is 5.63. The second kappa shape index (κ2) is 8.52. The van der Waals surface area contributed by atoms with Crippen molar-refractivity contribution < 1.29 is 27.4 Å². The molecule has 0 aromatic heterocycles. The third-order valence-corrected chi connectivity index (χ3v) is 4.47. The van der Waals surface area contributed by atoms with E-state index in [2.05, 4.69) is 15.0 Å². The number of halogens is 3. The van der Waals surface area contributed by atoms with Gasteiger partial charge in [0.2, 0.25) is 5.91 Å². The number of carbonyl (C=O) groups is 1. The van der Waals surface area contributed by atoms with E-state index in [9.17, 15) is 18.0 Å². The van der Waals surface area contributed by atoms with Crippen molar-refractivity contribution in [3.8, 4) is 11.5 Å². The summed E-state index contributed by atoms with van der Waals surface area (Å²) in [6, 6.07) is 13.2. The van der Waals surface area contributed by atoms with Gasteiger partial charge in [-0.3, -0.25) is 9.69 Å². The minimum atomic E-state index is -4.70. The molecule has 1 saturated heterocycles. The molecule has 8 heteroatoms. The maximum Gasteiger partial charge on any atom is 0.573 e. The van der Waals surface area contributed by atoms with Gasteiger partial charge in [-0.25, -0.2) is 0 Å². The number of amides is 1. The highest BCUT2D eigenvalue weighted by Crippen LogP contribution is 2.24. The van der Waals surface area contributed by atoms with Crippen molar-refractivity contribution in [1.29, 1.82) is 0 Å². The normalized spacial score (nSPS) is 15.0. The van der Waals surface area contributed by atoms with E-state index in [1.165, 1.54) is 24.3 Å². The van der Waals surface area contributed by atoms with Gasteiger partial charge in [0.1, 0.15) is 18.1 Å². The lowest BCUT2D eigenvalue weighted by atomic mass is 9.98. The topological polar surface area (TPSA) is 50.8 Å². The van der Waals surface area contributed by atoms with Gasteiger partial charge in [0.05, 0.1) is 5.92 Å². The lowest BCUT2D eigenvalue weighted by molar-refractivity contribution is -0.274. The molecule has 1 heterocycles. The first kappa shape index (κ1) is 20.0. The second-order valence-electron chi connectivity index (χ2n) is 6.63. The minimum absolute atomic E-state index is 0.0699. The molecule has 2 aromatic rings. The molecule has 1 amide bonds. The molecule has 0 aliphatic carbocycles. The zero-order chi connectivity index (χ0) is 20.1. The fraction of sp³-hybridized carbons (Fsp3) is 0.350. The van der Waals surface area contributed by atoms with E-state index in [4.69, 9.17) is 4.74 Å². The van der Waals surface area contributed by atoms with Crippen molar-refractivity contribution in [1.82, 2.24) is 10.2 Å². The quantitative estimate of drug-likeness (QED) is 0.783. The maximum absolute atomic E-state index is 12.2. The van der Waals surface area contributed by atoms with Crippen LogP contribution in [0.5, 0.6) is 11.5 Å². The van der Waals surface area contributed by atoms with E-state index in [0.29, 0.717) is 5.75 Å². The van der Waals surface area contributed by atoms with Crippen LogP contribution in [0.1, 0.15) is 11.1 Å². The largest absolute Gasteiger partial charge is 0.573 e. The van der Waals surface area contributed by atoms with Crippen LogP contribution in [0.15, 0.2) is 48.5 Å². The Morgan fingerprint density at radius 2 is 1.61 bits per heavy atom. The summed E-state index contributed by atoms with van der Waals surface area (Å²) in [7, 11) is 1.65. The molecule has 0 bridgehead atoms. The highest BCUT2D eigenvalue weighted by Gasteiger charge is 2.32. The van der Waals surface area contributed by atoms with Crippen LogP contribution in [-0.2, 0) is 17.9 Å². The summed E-state index contributed by atoms with van der Waals surface area (Å²) in [4.78, 5) is 13.7. The Morgan fingerprint density at radius 1 is 1.04 bits per heavy atom. The van der Waals surface area contributed by atoms with Crippen LogP contribution in [0.25, 0.3) is 0 Å². The van der Waals surface area contributed by atoms with Crippen LogP contribution in [0, 0.1) is 5.92 Å². The predicted octanol–water partition coefficient (Wildman–Crippen LogP) is 3.34. The summed E-state index contributed by atoms with van der Waals surface area (Å²) < 4.78 is 46.0. The van der Waals surface area contributed by atoms with Gasteiger partial charge in [-0.1, -0.05) is 24.3 Å². The summed E-state index contributed by atoms with van der Waals surface area (Å²) >= 11 is 0. The van der Waals surface area contributed by atoms with Gasteiger partial charge in [-0.2, -0.15) is 0 Å². The molecule has 1 aliphatic heterocycles. The Hall–Kier alpha value is -2.74. The number of nitrogens with zero attached hydrogens (tertiary/aromatic N) is 1. The molecule has 150 valence electrons. The van der Waals surface area contributed by atoms with E-state index in [1.54, 1.807) is 7.05 Å². The predicted molar refractivity (Wildman–Crippen MR) is 96.7 cm³/mol. The molecule has 0 atom stereocenters. The second-order valence-corrected chi connectivity index (χ2v) is 6.63. The monoisotopic (exact) mass is 394 g/mol. The van der Waals surface area contributed by atoms with Crippen LogP contribution >= 0.6 is 0 Å². The molecular formula is C20H21F3N2O3. The van der Waals surface area contributed by atoms with E-state index in [0.717, 1.165) is 30.8 Å². The summed E-state index contributed by atoms with van der Waals surface area (Å²) in [5.41, 5.74) is 1.86. The Labute approximate surface area is 161 Å². The Morgan fingerprint density at radius 3 is 2.18 bits per heavy atom. The van der Waals surface area contributed by atoms with Crippen molar-refractivity contribution in [2.75, 3.05) is 20.1 Å². The number of alkyl halides is 3. The number of hydrogen-bond acceptors (Lipinski definition) is 4. The summed E-state index contributed by atoms with van der Waals surface area (Å²) in [6.07, 6.45) is -4.70. The first-order chi connectivity index (χ1) is 13.3. The molecule has 0 unspecified atom stereocenters. The lowest BCUT2D eigenvalue weighted by Gasteiger charge is -2.38. The van der Waals surface area contributed by atoms with Crippen molar-refractivity contribution >= 4 is 5.91 Å². The van der Waals surface area contributed by atoms with Crippen molar-refractivity contribution in [2.24, 2.45) is 5.92 Å². The number of likely N-dealkylation sites (tertiary alicyclic amines) is 1. The summed E-state index contributed by atoms with van der Waals surface area (Å²) in [6.45, 7) is 2.53. The summed E-state index contributed by atoms with van der Waals surface area (Å²) in [5, 5.41) is 2.66. The molecule has 1 N–H and O–H groups in total. The Kier molecular flexibility index (Phi) is 6.08. The van der Waals surface area contributed by atoms with E-state index < -0.39 is 6.36 Å². The average molecular weight is 394 g/mol. The van der Waals surface area contributed by atoms with Crippen molar-refractivity contribution in [3.63, 3.8) is 0 Å². The fourth-order valence-electron chi connectivity index (χ4n) is 2.97. The Bertz CT molecular complexity index is 786. The number of hydrogen-bond donors (Lipinski definition) is 1. The van der Waals surface area contributed by atoms with E-state index >= 15 is 0 Å². The molecule has 1 fully saturated rings. The SMILES string of the molecule is CNC(=O)C1CN(Cc2ccc(OCc3ccc(OC(F)(F)F)cc3)cc2)C1. The standard InChI is InChI=1S/C20H21F3N2O3/c1-24-19(26)16-11-25(12-16)10-14-2-6-17(7-3-14)27-13-15-4-8-18(9-5-15)28-20(21,22)23/h2-9,16H,10-13H2,1H3,(H,24,26). The molecule has 2 aromatic carbocycles. The zero-order valence-corrected chi connectivity index (χ0v) is 15.3. The first-order valence-corrected chi connectivity index (χ1v) is 8.83. The molecule has 28 heavy (non-hydrogen) atoms. The number of carbonyl (C=O) groups excluding carboxylic acids is 1. The zero-order valence-electron chi connectivity index (χ0n) is 15.3. The van der Waals surface area contributed by atoms with Gasteiger partial charge in [0.15, 0.2) is 0 Å². The van der Waals surface area contributed by atoms with Crippen LogP contribution < -0.4 is 14.8 Å². The molecule has 0 radical (unpaired) electrons. The van der Waals surface area contributed by atoms with Gasteiger partial charge in [0.25, 0.3) is 0 Å². The summed E-state index contributed by atoms with van der Waals surface area (Å²) in [5.74, 6) is 0.565. The molecule has 3 rings (SSSR count). The van der Waals surface area contributed by atoms with Crippen LogP contribution in [0.2, 0.25) is 0 Å². The van der Waals surface area contributed by atoms with E-state index in [1.807, 2.05) is 24.3 Å².